The topological polar surface area (TPSA) is 29.9 Å². The fourth-order valence-corrected chi connectivity index (χ4v) is 1.94. The van der Waals surface area contributed by atoms with Crippen LogP contribution in [-0.2, 0) is 6.54 Å². The van der Waals surface area contributed by atoms with E-state index in [9.17, 15) is 0 Å². The minimum absolute atomic E-state index is 0.766. The summed E-state index contributed by atoms with van der Waals surface area (Å²) in [6.45, 7) is 3.99. The molecule has 0 spiro atoms. The molecule has 3 nitrogen and oxygen atoms in total. The summed E-state index contributed by atoms with van der Waals surface area (Å²) >= 11 is 6.04. The van der Waals surface area contributed by atoms with Crippen molar-refractivity contribution in [2.45, 2.75) is 19.9 Å². The largest absolute Gasteiger partial charge is 0.313 e. The van der Waals surface area contributed by atoms with E-state index in [1.807, 2.05) is 29.0 Å². The van der Waals surface area contributed by atoms with E-state index in [4.69, 9.17) is 11.6 Å². The maximum Gasteiger partial charge on any atom is 0.0991 e. The van der Waals surface area contributed by atoms with Crippen molar-refractivity contribution in [2.24, 2.45) is 0 Å². The third kappa shape index (κ3) is 3.08. The first-order valence-corrected chi connectivity index (χ1v) is 6.16. The van der Waals surface area contributed by atoms with E-state index in [1.165, 1.54) is 5.56 Å². The summed E-state index contributed by atoms with van der Waals surface area (Å²) in [7, 11) is 0. The van der Waals surface area contributed by atoms with Gasteiger partial charge < -0.3 is 9.88 Å². The van der Waals surface area contributed by atoms with Crippen LogP contribution in [0.1, 0.15) is 18.9 Å². The maximum absolute atomic E-state index is 6.04. The summed E-state index contributed by atoms with van der Waals surface area (Å²) in [6.07, 6.45) is 6.64. The van der Waals surface area contributed by atoms with Crippen LogP contribution in [0.4, 0.5) is 0 Å². The molecule has 0 unspecified atom stereocenters. The van der Waals surface area contributed by atoms with Gasteiger partial charge in [-0.05, 0) is 36.7 Å². The molecule has 1 aromatic carbocycles. The highest BCUT2D eigenvalue weighted by atomic mass is 35.5. The van der Waals surface area contributed by atoms with Crippen LogP contribution in [0.25, 0.3) is 5.69 Å². The molecular weight excluding hydrogens is 234 g/mol. The minimum Gasteiger partial charge on any atom is -0.313 e. The summed E-state index contributed by atoms with van der Waals surface area (Å²) in [6, 6.07) is 5.92. The number of nitrogens with zero attached hydrogens (tertiary/aromatic N) is 2. The fraction of sp³-hybridized carbons (Fsp3) is 0.308. The Bertz CT molecular complexity index is 466. The number of hydrogen-bond acceptors (Lipinski definition) is 2. The van der Waals surface area contributed by atoms with Gasteiger partial charge in [-0.25, -0.2) is 4.98 Å². The smallest absolute Gasteiger partial charge is 0.0991 e. The zero-order chi connectivity index (χ0) is 12.1. The Hall–Kier alpha value is -1.32. The third-order valence-electron chi connectivity index (χ3n) is 2.57. The summed E-state index contributed by atoms with van der Waals surface area (Å²) < 4.78 is 2.00. The highest BCUT2D eigenvalue weighted by Crippen LogP contribution is 2.19. The van der Waals surface area contributed by atoms with Gasteiger partial charge in [0.1, 0.15) is 0 Å². The van der Waals surface area contributed by atoms with Crippen LogP contribution in [0.15, 0.2) is 36.9 Å². The lowest BCUT2D eigenvalue weighted by atomic mass is 10.1. The molecule has 0 aliphatic rings. The Kier molecular flexibility index (Phi) is 4.18. The summed E-state index contributed by atoms with van der Waals surface area (Å²) in [5.74, 6) is 0. The van der Waals surface area contributed by atoms with Gasteiger partial charge in [0.2, 0.25) is 0 Å². The van der Waals surface area contributed by atoms with Gasteiger partial charge in [0, 0.05) is 24.0 Å². The van der Waals surface area contributed by atoms with E-state index in [1.54, 1.807) is 12.5 Å². The quantitative estimate of drug-likeness (QED) is 0.826. The highest BCUT2D eigenvalue weighted by Gasteiger charge is 2.04. The second kappa shape index (κ2) is 5.84. The van der Waals surface area contributed by atoms with Gasteiger partial charge in [-0.15, -0.1) is 0 Å². The van der Waals surface area contributed by atoms with Crippen molar-refractivity contribution in [1.82, 2.24) is 14.9 Å². The number of rotatable bonds is 5. The number of imidazole rings is 1. The van der Waals surface area contributed by atoms with Gasteiger partial charge in [-0.1, -0.05) is 18.5 Å². The van der Waals surface area contributed by atoms with Crippen molar-refractivity contribution in [1.29, 1.82) is 0 Å². The first-order valence-electron chi connectivity index (χ1n) is 5.78. The molecule has 2 rings (SSSR count). The predicted molar refractivity (Wildman–Crippen MR) is 70.6 cm³/mol. The number of halogens is 1. The zero-order valence-corrected chi connectivity index (χ0v) is 10.6. The molecule has 0 saturated carbocycles. The fourth-order valence-electron chi connectivity index (χ4n) is 1.75. The Morgan fingerprint density at radius 3 is 3.00 bits per heavy atom. The Labute approximate surface area is 106 Å². The van der Waals surface area contributed by atoms with Crippen LogP contribution >= 0.6 is 11.6 Å². The lowest BCUT2D eigenvalue weighted by molar-refractivity contribution is 0.673. The molecule has 4 heteroatoms. The van der Waals surface area contributed by atoms with E-state index in [2.05, 4.69) is 17.2 Å². The molecule has 1 heterocycles. The van der Waals surface area contributed by atoms with Gasteiger partial charge >= 0.3 is 0 Å². The predicted octanol–water partition coefficient (Wildman–Crippen LogP) is 3.03. The van der Waals surface area contributed by atoms with Gasteiger partial charge in [-0.2, -0.15) is 0 Å². The van der Waals surface area contributed by atoms with Crippen molar-refractivity contribution < 1.29 is 0 Å². The summed E-state index contributed by atoms with van der Waals surface area (Å²) in [5.41, 5.74) is 2.31. The van der Waals surface area contributed by atoms with E-state index < -0.39 is 0 Å². The van der Waals surface area contributed by atoms with E-state index in [-0.39, 0.29) is 0 Å². The molecule has 0 amide bonds. The van der Waals surface area contributed by atoms with Crippen LogP contribution in [0.2, 0.25) is 5.02 Å². The van der Waals surface area contributed by atoms with E-state index >= 15 is 0 Å². The second-order valence-corrected chi connectivity index (χ2v) is 4.36. The van der Waals surface area contributed by atoms with Gasteiger partial charge in [0.25, 0.3) is 0 Å². The van der Waals surface area contributed by atoms with Crippen LogP contribution < -0.4 is 5.32 Å². The number of nitrogens with one attached hydrogen (secondary N) is 1. The molecule has 90 valence electrons. The lowest BCUT2D eigenvalue weighted by Crippen LogP contribution is -2.15. The van der Waals surface area contributed by atoms with Crippen molar-refractivity contribution in [3.05, 3.63) is 47.5 Å². The highest BCUT2D eigenvalue weighted by molar-refractivity contribution is 6.30. The number of benzene rings is 1. The van der Waals surface area contributed by atoms with Crippen LogP contribution in [0.3, 0.4) is 0 Å². The standard InChI is InChI=1S/C13H16ClN3/c1-2-5-15-9-11-8-12(14)3-4-13(11)17-7-6-16-10-17/h3-4,6-8,10,15H,2,5,9H2,1H3. The lowest BCUT2D eigenvalue weighted by Gasteiger charge is -2.11. The Morgan fingerprint density at radius 2 is 2.29 bits per heavy atom. The second-order valence-electron chi connectivity index (χ2n) is 3.92. The molecule has 0 radical (unpaired) electrons. The molecular formula is C13H16ClN3. The Morgan fingerprint density at radius 1 is 1.41 bits per heavy atom. The molecule has 0 atom stereocenters. The number of aromatic nitrogens is 2. The average molecular weight is 250 g/mol. The zero-order valence-electron chi connectivity index (χ0n) is 9.86. The van der Waals surface area contributed by atoms with Crippen molar-refractivity contribution in [2.75, 3.05) is 6.54 Å². The first kappa shape index (κ1) is 12.1. The summed E-state index contributed by atoms with van der Waals surface area (Å²) in [5, 5.41) is 4.15. The average Bonchev–Trinajstić information content (AvgIpc) is 2.83. The first-order chi connectivity index (χ1) is 8.31. The Balaban J connectivity index is 2.25. The van der Waals surface area contributed by atoms with E-state index in [0.717, 1.165) is 30.2 Å². The molecule has 17 heavy (non-hydrogen) atoms. The molecule has 2 aromatic rings. The SMILES string of the molecule is CCCNCc1cc(Cl)ccc1-n1ccnc1. The maximum atomic E-state index is 6.04. The van der Waals surface area contributed by atoms with Gasteiger partial charge in [0.15, 0.2) is 0 Å². The van der Waals surface area contributed by atoms with Gasteiger partial charge in [0.05, 0.1) is 12.0 Å². The van der Waals surface area contributed by atoms with Crippen molar-refractivity contribution >= 4 is 11.6 Å². The normalized spacial score (nSPS) is 10.7. The molecule has 0 bridgehead atoms. The van der Waals surface area contributed by atoms with Crippen LogP contribution in [0, 0.1) is 0 Å². The summed E-state index contributed by atoms with van der Waals surface area (Å²) in [4.78, 5) is 4.07. The third-order valence-corrected chi connectivity index (χ3v) is 2.80. The molecule has 1 aromatic heterocycles. The molecule has 0 aliphatic heterocycles. The van der Waals surface area contributed by atoms with Crippen molar-refractivity contribution in [3.63, 3.8) is 0 Å². The molecule has 0 fully saturated rings. The minimum atomic E-state index is 0.766. The van der Waals surface area contributed by atoms with Crippen LogP contribution in [-0.4, -0.2) is 16.1 Å². The van der Waals surface area contributed by atoms with Crippen molar-refractivity contribution in [3.8, 4) is 5.69 Å². The van der Waals surface area contributed by atoms with Crippen LogP contribution in [0.5, 0.6) is 0 Å². The molecule has 0 aliphatic carbocycles. The monoisotopic (exact) mass is 249 g/mol. The van der Waals surface area contributed by atoms with Gasteiger partial charge in [-0.3, -0.25) is 0 Å². The number of hydrogen-bond donors (Lipinski definition) is 1. The van der Waals surface area contributed by atoms with E-state index in [0.29, 0.717) is 0 Å². The molecule has 1 N–H and O–H groups in total. The molecule has 0 saturated heterocycles.